The van der Waals surface area contributed by atoms with Crippen LogP contribution in [-0.2, 0) is 55.6 Å². The number of hydrogen-bond donors (Lipinski definition) is 8. The molecule has 0 aliphatic heterocycles. The molecular formula is C46H89O20P3S. The molecule has 24 heteroatoms. The number of esters is 2. The molecule has 0 spiro atoms. The molecule has 0 bridgehead atoms. The van der Waals surface area contributed by atoms with E-state index < -0.39 is 91.2 Å². The fourth-order valence-corrected chi connectivity index (χ4v) is 11.1. The van der Waals surface area contributed by atoms with Gasteiger partial charge < -0.3 is 49.3 Å². The van der Waals surface area contributed by atoms with Gasteiger partial charge in [0.05, 0.1) is 19.6 Å². The second-order valence-corrected chi connectivity index (χ2v) is 23.3. The average molecular weight is 1090 g/mol. The zero-order valence-corrected chi connectivity index (χ0v) is 45.3. The number of thioether (sulfide) groups is 1. The lowest BCUT2D eigenvalue weighted by molar-refractivity contribution is -0.213. The number of ether oxygens (including phenoxy) is 2. The molecule has 0 amide bonds. The predicted molar refractivity (Wildman–Crippen MR) is 265 cm³/mol. The molecule has 20 nitrogen and oxygen atoms in total. The Morgan fingerprint density at radius 3 is 1.29 bits per heavy atom. The summed E-state index contributed by atoms with van der Waals surface area (Å²) in [6.07, 6.45) is 14.0. The van der Waals surface area contributed by atoms with Crippen molar-refractivity contribution in [2.75, 3.05) is 19.0 Å². The molecule has 414 valence electrons. The van der Waals surface area contributed by atoms with Crippen molar-refractivity contribution in [3.8, 4) is 0 Å². The van der Waals surface area contributed by atoms with Crippen molar-refractivity contribution in [2.24, 2.45) is 0 Å². The summed E-state index contributed by atoms with van der Waals surface area (Å²) in [4.78, 5) is 85.2. The van der Waals surface area contributed by atoms with Crippen LogP contribution in [0.3, 0.4) is 0 Å². The van der Waals surface area contributed by atoms with Crippen LogP contribution in [0.4, 0.5) is 0 Å². The van der Waals surface area contributed by atoms with Crippen LogP contribution in [0.25, 0.3) is 0 Å². The lowest BCUT2D eigenvalue weighted by atomic mass is 9.85. The minimum Gasteiger partial charge on any atom is -0.466 e. The Morgan fingerprint density at radius 1 is 0.486 bits per heavy atom. The number of aliphatic hydroxyl groups excluding tert-OH is 3. The van der Waals surface area contributed by atoms with Gasteiger partial charge in [0.2, 0.25) is 0 Å². The average Bonchev–Trinajstić information content (AvgIpc) is 3.28. The topological polar surface area (TPSA) is 320 Å². The number of hydrogen-bond acceptors (Lipinski definition) is 16. The number of carbonyl (C=O) groups is 3. The molecule has 1 rings (SSSR count). The van der Waals surface area contributed by atoms with Crippen LogP contribution in [0, 0.1) is 0 Å². The van der Waals surface area contributed by atoms with Crippen molar-refractivity contribution in [1.82, 2.24) is 0 Å². The highest BCUT2D eigenvalue weighted by atomic mass is 32.2. The van der Waals surface area contributed by atoms with Gasteiger partial charge in [-0.15, -0.1) is 0 Å². The van der Waals surface area contributed by atoms with E-state index in [1.165, 1.54) is 102 Å². The third-order valence-corrected chi connectivity index (χ3v) is 15.0. The normalized spacial score (nSPS) is 21.1. The van der Waals surface area contributed by atoms with Crippen molar-refractivity contribution in [1.29, 1.82) is 0 Å². The molecular weight excluding hydrogens is 997 g/mol. The minimum absolute atomic E-state index is 0.0222. The first-order valence-electron chi connectivity index (χ1n) is 25.9. The number of rotatable bonds is 45. The summed E-state index contributed by atoms with van der Waals surface area (Å²) in [5.74, 6) is -0.592. The molecule has 8 N–H and O–H groups in total. The zero-order chi connectivity index (χ0) is 52.3. The molecule has 8 atom stereocenters. The highest BCUT2D eigenvalue weighted by Gasteiger charge is 2.56. The van der Waals surface area contributed by atoms with Gasteiger partial charge >= 0.3 is 35.4 Å². The van der Waals surface area contributed by atoms with Crippen molar-refractivity contribution >= 4 is 52.3 Å². The first-order valence-corrected chi connectivity index (χ1v) is 31.4. The molecule has 0 radical (unpaired) electrons. The molecule has 0 saturated heterocycles. The molecule has 0 heterocycles. The van der Waals surface area contributed by atoms with E-state index in [0.29, 0.717) is 24.4 Å². The Bertz CT molecular complexity index is 1500. The molecule has 0 aromatic rings. The van der Waals surface area contributed by atoms with E-state index in [9.17, 15) is 67.9 Å². The van der Waals surface area contributed by atoms with Gasteiger partial charge in [0.15, 0.2) is 5.12 Å². The van der Waals surface area contributed by atoms with E-state index in [1.54, 1.807) is 0 Å². The van der Waals surface area contributed by atoms with Crippen molar-refractivity contribution < 1.29 is 95.4 Å². The van der Waals surface area contributed by atoms with Gasteiger partial charge in [-0.1, -0.05) is 180 Å². The number of phosphoric ester groups is 3. The third-order valence-electron chi connectivity index (χ3n) is 11.9. The highest BCUT2D eigenvalue weighted by Crippen LogP contribution is 2.51. The zero-order valence-electron chi connectivity index (χ0n) is 41.8. The standard InChI is InChI=1S/C46H89O20P3S/c1-3-5-6-7-8-9-10-13-16-19-22-25-28-32-38(47)63-37(35-39(48)61-33-29-26-23-20-17-14-11-12-15-18-21-24-27-30-34-70-40(49)31-4-2)36-62-69(59,60)66-46-42(51)44(64-67(53,54)55)41(50)45(43(46)52)65-68(56,57)58/h37,41-46,50-52H,3-36H2,1-2H3,(H,59,60)(H2,53,54,55)(H2,56,57,58)/t37-,41?,42+,43?,44+,45-,46?/m1/s1. The molecule has 1 fully saturated rings. The Kier molecular flexibility index (Phi) is 38.0. The quantitative estimate of drug-likeness (QED) is 0.0160. The summed E-state index contributed by atoms with van der Waals surface area (Å²) >= 11 is 1.47. The lowest BCUT2D eigenvalue weighted by Crippen LogP contribution is -2.65. The maximum absolute atomic E-state index is 13.2. The Balaban J connectivity index is 2.64. The number of aliphatic hydroxyl groups is 3. The van der Waals surface area contributed by atoms with Gasteiger partial charge in [0.25, 0.3) is 0 Å². The number of carbonyl (C=O) groups excluding carboxylic acids is 3. The Hall–Kier alpha value is -0.830. The molecule has 1 aliphatic rings. The van der Waals surface area contributed by atoms with E-state index >= 15 is 0 Å². The van der Waals surface area contributed by atoms with E-state index in [4.69, 9.17) is 18.5 Å². The van der Waals surface area contributed by atoms with E-state index in [2.05, 4.69) is 16.0 Å². The smallest absolute Gasteiger partial charge is 0.466 e. The van der Waals surface area contributed by atoms with E-state index in [-0.39, 0.29) is 13.0 Å². The van der Waals surface area contributed by atoms with Crippen LogP contribution < -0.4 is 0 Å². The minimum atomic E-state index is -5.56. The number of phosphoric acid groups is 3. The van der Waals surface area contributed by atoms with Gasteiger partial charge in [0, 0.05) is 18.6 Å². The van der Waals surface area contributed by atoms with Crippen LogP contribution in [0.1, 0.15) is 213 Å². The first-order chi connectivity index (χ1) is 33.2. The van der Waals surface area contributed by atoms with Crippen LogP contribution in [0.15, 0.2) is 0 Å². The van der Waals surface area contributed by atoms with Gasteiger partial charge in [-0.3, -0.25) is 32.5 Å². The van der Waals surface area contributed by atoms with Crippen molar-refractivity contribution in [3.63, 3.8) is 0 Å². The number of unbranched alkanes of at least 4 members (excludes halogenated alkanes) is 25. The molecule has 1 aliphatic carbocycles. The summed E-state index contributed by atoms with van der Waals surface area (Å²) in [5.41, 5.74) is 0. The summed E-state index contributed by atoms with van der Waals surface area (Å²) in [6.45, 7) is 3.34. The van der Waals surface area contributed by atoms with Crippen LogP contribution in [0.5, 0.6) is 0 Å². The van der Waals surface area contributed by atoms with Gasteiger partial charge in [-0.2, -0.15) is 0 Å². The van der Waals surface area contributed by atoms with Gasteiger partial charge in [-0.05, 0) is 25.7 Å². The first kappa shape index (κ1) is 67.2. The van der Waals surface area contributed by atoms with E-state index in [1.807, 2.05) is 6.92 Å². The Morgan fingerprint density at radius 2 is 0.871 bits per heavy atom. The molecule has 1 saturated carbocycles. The third kappa shape index (κ3) is 35.4. The van der Waals surface area contributed by atoms with Gasteiger partial charge in [-0.25, -0.2) is 13.7 Å². The molecule has 0 aromatic carbocycles. The molecule has 4 unspecified atom stereocenters. The lowest BCUT2D eigenvalue weighted by Gasteiger charge is -2.44. The Labute approximate surface area is 420 Å². The second-order valence-electron chi connectivity index (χ2n) is 18.4. The fourth-order valence-electron chi connectivity index (χ4n) is 8.10. The largest absolute Gasteiger partial charge is 0.472 e. The summed E-state index contributed by atoms with van der Waals surface area (Å²) in [5, 5.41) is 32.2. The van der Waals surface area contributed by atoms with Crippen molar-refractivity contribution in [2.45, 2.75) is 256 Å². The van der Waals surface area contributed by atoms with Crippen LogP contribution in [-0.4, -0.2) is 119 Å². The second kappa shape index (κ2) is 39.6. The maximum atomic E-state index is 13.2. The predicted octanol–water partition coefficient (Wildman–Crippen LogP) is 9.39. The molecule has 70 heavy (non-hydrogen) atoms. The summed E-state index contributed by atoms with van der Waals surface area (Å²) in [7, 11) is -16.6. The highest BCUT2D eigenvalue weighted by molar-refractivity contribution is 8.13. The summed E-state index contributed by atoms with van der Waals surface area (Å²) in [6, 6.07) is 0. The van der Waals surface area contributed by atoms with Crippen LogP contribution in [0.2, 0.25) is 0 Å². The SMILES string of the molecule is CCCCCCCCCCCCCCCC(=O)O[C@@H](COP(=O)(O)OC1C(O)[C@H](OP(=O)(O)O)C(O)[C@H](OP(=O)(O)O)[C@@H]1O)CC(=O)OCCCCCCCCCCCCCCCCSC(=O)CCC. The van der Waals surface area contributed by atoms with Gasteiger partial charge in [0.1, 0.15) is 42.7 Å². The maximum Gasteiger partial charge on any atom is 0.472 e. The van der Waals surface area contributed by atoms with E-state index in [0.717, 1.165) is 82.8 Å². The monoisotopic (exact) mass is 1090 g/mol. The van der Waals surface area contributed by atoms with Crippen molar-refractivity contribution in [3.05, 3.63) is 0 Å². The fraction of sp³-hybridized carbons (Fsp3) is 0.935. The molecule has 0 aromatic heterocycles. The summed E-state index contributed by atoms with van der Waals surface area (Å²) < 4.78 is 65.7. The van der Waals surface area contributed by atoms with Crippen LogP contribution >= 0.6 is 35.2 Å².